The molecule has 23 heavy (non-hydrogen) atoms. The monoisotopic (exact) mass is 330 g/mol. The Hall–Kier alpha value is -2.09. The van der Waals surface area contributed by atoms with E-state index in [1.807, 2.05) is 0 Å². The summed E-state index contributed by atoms with van der Waals surface area (Å²) >= 11 is 0. The molecule has 0 aromatic heterocycles. The lowest BCUT2D eigenvalue weighted by atomic mass is 9.91. The van der Waals surface area contributed by atoms with Crippen molar-refractivity contribution in [2.24, 2.45) is 0 Å². The van der Waals surface area contributed by atoms with E-state index in [9.17, 15) is 22.8 Å². The molecule has 0 radical (unpaired) electrons. The fourth-order valence-electron chi connectivity index (χ4n) is 2.41. The van der Waals surface area contributed by atoms with Gasteiger partial charge in [-0.15, -0.1) is 0 Å². The summed E-state index contributed by atoms with van der Waals surface area (Å²) in [5, 5.41) is 2.66. The van der Waals surface area contributed by atoms with Crippen molar-refractivity contribution in [3.8, 4) is 0 Å². The van der Waals surface area contributed by atoms with Crippen LogP contribution in [0.25, 0.3) is 0 Å². The number of nitrogens with zero attached hydrogens (tertiary/aromatic N) is 1. The van der Waals surface area contributed by atoms with E-state index in [1.165, 1.54) is 7.05 Å². The van der Waals surface area contributed by atoms with Crippen LogP contribution >= 0.6 is 0 Å². The van der Waals surface area contributed by atoms with Crippen LogP contribution in [0, 0.1) is 0 Å². The fourth-order valence-corrected chi connectivity index (χ4v) is 2.41. The first-order chi connectivity index (χ1) is 10.8. The Morgan fingerprint density at radius 2 is 2.09 bits per heavy atom. The number of ether oxygens (including phenoxy) is 1. The molecule has 0 spiro atoms. The van der Waals surface area contributed by atoms with E-state index in [4.69, 9.17) is 4.74 Å². The number of hydrogen-bond acceptors (Lipinski definition) is 4. The maximum atomic E-state index is 12.2. The number of fused-ring (bicyclic) bond motifs is 1. The van der Waals surface area contributed by atoms with Crippen molar-refractivity contribution in [1.82, 2.24) is 4.90 Å². The van der Waals surface area contributed by atoms with E-state index in [-0.39, 0.29) is 25.5 Å². The van der Waals surface area contributed by atoms with Crippen LogP contribution in [-0.4, -0.2) is 49.7 Å². The second kappa shape index (κ2) is 6.99. The van der Waals surface area contributed by atoms with E-state index in [0.29, 0.717) is 11.3 Å². The van der Waals surface area contributed by atoms with Gasteiger partial charge in [0.15, 0.2) is 0 Å². The van der Waals surface area contributed by atoms with Gasteiger partial charge in [0.1, 0.15) is 6.61 Å². The molecular formula is C15H17F3N2O3. The number of hydrogen-bond donors (Lipinski definition) is 1. The highest BCUT2D eigenvalue weighted by molar-refractivity contribution is 5.99. The van der Waals surface area contributed by atoms with E-state index >= 15 is 0 Å². The van der Waals surface area contributed by atoms with Crippen molar-refractivity contribution >= 4 is 17.6 Å². The minimum Gasteiger partial charge on any atom is -0.464 e. The van der Waals surface area contributed by atoms with E-state index < -0.39 is 24.6 Å². The zero-order valence-electron chi connectivity index (χ0n) is 12.5. The molecule has 0 unspecified atom stereocenters. The van der Waals surface area contributed by atoms with Crippen LogP contribution in [0.4, 0.5) is 18.9 Å². The van der Waals surface area contributed by atoms with Crippen molar-refractivity contribution in [1.29, 1.82) is 0 Å². The first-order valence-electron chi connectivity index (χ1n) is 7.07. The summed E-state index contributed by atoms with van der Waals surface area (Å²) < 4.78 is 41.6. The maximum Gasteiger partial charge on any atom is 0.401 e. The van der Waals surface area contributed by atoms with E-state index in [0.717, 1.165) is 4.90 Å². The molecule has 1 aromatic carbocycles. The molecule has 1 atom stereocenters. The lowest BCUT2D eigenvalue weighted by molar-refractivity contribution is -0.151. The number of benzene rings is 1. The van der Waals surface area contributed by atoms with Crippen LogP contribution in [-0.2, 0) is 14.3 Å². The summed E-state index contributed by atoms with van der Waals surface area (Å²) in [6.07, 6.45) is -4.33. The van der Waals surface area contributed by atoms with Crippen LogP contribution in [0.5, 0.6) is 0 Å². The average molecular weight is 330 g/mol. The zero-order chi connectivity index (χ0) is 17.0. The van der Waals surface area contributed by atoms with Crippen LogP contribution in [0.1, 0.15) is 17.9 Å². The number of likely N-dealkylation sites (N-methyl/N-ethyl adjacent to an activating group) is 1. The third kappa shape index (κ3) is 4.95. The van der Waals surface area contributed by atoms with Crippen molar-refractivity contribution in [2.75, 3.05) is 32.1 Å². The number of amides is 1. The number of carbonyl (C=O) groups excluding carboxylic acids is 2. The molecule has 1 amide bonds. The highest BCUT2D eigenvalue weighted by atomic mass is 19.4. The summed E-state index contributed by atoms with van der Waals surface area (Å²) in [5.41, 5.74) is 1.21. The molecule has 0 aliphatic carbocycles. The van der Waals surface area contributed by atoms with Crippen LogP contribution < -0.4 is 5.32 Å². The van der Waals surface area contributed by atoms with Crippen molar-refractivity contribution < 1.29 is 27.5 Å². The van der Waals surface area contributed by atoms with Gasteiger partial charge >= 0.3 is 12.1 Å². The standard InChI is InChI=1S/C15H17F3N2O3/c1-20(9-15(16,17)18)6-7-23-14(22)11-8-13(21)19-12-5-3-2-4-10(11)12/h2-5,11H,6-9H2,1H3,(H,19,21)/t11-/m0/s1. The topological polar surface area (TPSA) is 58.6 Å². The summed E-state index contributed by atoms with van der Waals surface area (Å²) in [6.45, 7) is -1.27. The molecule has 126 valence electrons. The predicted octanol–water partition coefficient (Wildman–Crippen LogP) is 2.15. The molecule has 5 nitrogen and oxygen atoms in total. The molecular weight excluding hydrogens is 313 g/mol. The van der Waals surface area contributed by atoms with Crippen molar-refractivity contribution in [3.63, 3.8) is 0 Å². The number of nitrogens with one attached hydrogen (secondary N) is 1. The van der Waals surface area contributed by atoms with Gasteiger partial charge in [-0.25, -0.2) is 0 Å². The minimum atomic E-state index is -4.29. The van der Waals surface area contributed by atoms with E-state index in [2.05, 4.69) is 5.32 Å². The highest BCUT2D eigenvalue weighted by Gasteiger charge is 2.32. The molecule has 8 heteroatoms. The summed E-state index contributed by atoms with van der Waals surface area (Å²) in [5.74, 6) is -1.62. The minimum absolute atomic E-state index is 0.0335. The SMILES string of the molecule is CN(CCOC(=O)[C@H]1CC(=O)Nc2ccccc21)CC(F)(F)F. The second-order valence-electron chi connectivity index (χ2n) is 5.41. The lowest BCUT2D eigenvalue weighted by Gasteiger charge is -2.24. The van der Waals surface area contributed by atoms with Crippen LogP contribution in [0.2, 0.25) is 0 Å². The van der Waals surface area contributed by atoms with Gasteiger partial charge in [-0.3, -0.25) is 14.5 Å². The Bertz CT molecular complexity index is 590. The van der Waals surface area contributed by atoms with Gasteiger partial charge < -0.3 is 10.1 Å². The molecule has 1 aliphatic heterocycles. The normalized spacial score (nSPS) is 17.6. The number of anilines is 1. The Balaban J connectivity index is 1.90. The van der Waals surface area contributed by atoms with Crippen LogP contribution in [0.3, 0.4) is 0 Å². The Kier molecular flexibility index (Phi) is 5.25. The Morgan fingerprint density at radius 3 is 2.78 bits per heavy atom. The lowest BCUT2D eigenvalue weighted by Crippen LogP contribution is -2.34. The van der Waals surface area contributed by atoms with Gasteiger partial charge in [0.05, 0.1) is 12.5 Å². The van der Waals surface area contributed by atoms with Gasteiger partial charge in [-0.2, -0.15) is 13.2 Å². The molecule has 0 saturated heterocycles. The maximum absolute atomic E-state index is 12.2. The number of halogens is 3. The first-order valence-corrected chi connectivity index (χ1v) is 7.07. The van der Waals surface area contributed by atoms with Crippen LogP contribution in [0.15, 0.2) is 24.3 Å². The summed E-state index contributed by atoms with van der Waals surface area (Å²) in [4.78, 5) is 24.8. The Labute approximate surface area is 131 Å². The molecule has 1 N–H and O–H groups in total. The average Bonchev–Trinajstić information content (AvgIpc) is 2.44. The molecule has 2 rings (SSSR count). The third-order valence-electron chi connectivity index (χ3n) is 3.45. The largest absolute Gasteiger partial charge is 0.464 e. The molecule has 0 saturated carbocycles. The molecule has 1 heterocycles. The molecule has 1 aromatic rings. The molecule has 0 bridgehead atoms. The van der Waals surface area contributed by atoms with E-state index in [1.54, 1.807) is 24.3 Å². The van der Waals surface area contributed by atoms with Crippen molar-refractivity contribution in [2.45, 2.75) is 18.5 Å². The van der Waals surface area contributed by atoms with Gasteiger partial charge in [-0.1, -0.05) is 18.2 Å². The third-order valence-corrected chi connectivity index (χ3v) is 3.45. The van der Waals surface area contributed by atoms with Gasteiger partial charge in [0.2, 0.25) is 5.91 Å². The Morgan fingerprint density at radius 1 is 1.39 bits per heavy atom. The number of carbonyl (C=O) groups is 2. The quantitative estimate of drug-likeness (QED) is 0.841. The molecule has 1 aliphatic rings. The predicted molar refractivity (Wildman–Crippen MR) is 76.9 cm³/mol. The second-order valence-corrected chi connectivity index (χ2v) is 5.41. The van der Waals surface area contributed by atoms with Gasteiger partial charge in [-0.05, 0) is 18.7 Å². The number of alkyl halides is 3. The van der Waals surface area contributed by atoms with Gasteiger partial charge in [0, 0.05) is 18.7 Å². The summed E-state index contributed by atoms with van der Waals surface area (Å²) in [7, 11) is 1.30. The molecule has 0 fully saturated rings. The number of esters is 1. The number of rotatable bonds is 5. The fraction of sp³-hybridized carbons (Fsp3) is 0.467. The highest BCUT2D eigenvalue weighted by Crippen LogP contribution is 2.32. The van der Waals surface area contributed by atoms with Gasteiger partial charge in [0.25, 0.3) is 0 Å². The first kappa shape index (κ1) is 17.3. The van der Waals surface area contributed by atoms with Crippen molar-refractivity contribution in [3.05, 3.63) is 29.8 Å². The smallest absolute Gasteiger partial charge is 0.401 e. The summed E-state index contributed by atoms with van der Waals surface area (Å²) in [6, 6.07) is 6.88. The zero-order valence-corrected chi connectivity index (χ0v) is 12.5. The number of para-hydroxylation sites is 1.